The quantitative estimate of drug-likeness (QED) is 0.740. The van der Waals surface area contributed by atoms with Crippen LogP contribution in [0.1, 0.15) is 18.4 Å². The molecule has 1 aliphatic heterocycles. The van der Waals surface area contributed by atoms with Crippen molar-refractivity contribution >= 4 is 29.1 Å². The van der Waals surface area contributed by atoms with Gasteiger partial charge in [-0.3, -0.25) is 14.5 Å². The van der Waals surface area contributed by atoms with Gasteiger partial charge in [-0.1, -0.05) is 41.9 Å². The molecule has 1 fully saturated rings. The Labute approximate surface area is 177 Å². The molecule has 2 aromatic carbocycles. The topological polar surface area (TPSA) is 61.4 Å². The minimum absolute atomic E-state index is 0.0566. The van der Waals surface area contributed by atoms with E-state index in [4.69, 9.17) is 11.6 Å². The van der Waals surface area contributed by atoms with Crippen LogP contribution in [0.5, 0.6) is 0 Å². The number of anilines is 1. The first kappa shape index (κ1) is 22.1. The summed E-state index contributed by atoms with van der Waals surface area (Å²) in [5.74, 6) is -2.80. The van der Waals surface area contributed by atoms with Crippen molar-refractivity contribution in [1.29, 1.82) is 0 Å². The van der Waals surface area contributed by atoms with Crippen molar-refractivity contribution in [3.8, 4) is 0 Å². The van der Waals surface area contributed by atoms with Gasteiger partial charge in [0, 0.05) is 30.3 Å². The summed E-state index contributed by atoms with van der Waals surface area (Å²) >= 11 is 5.83. The molecule has 1 heterocycles. The van der Waals surface area contributed by atoms with Crippen molar-refractivity contribution in [1.82, 2.24) is 10.2 Å². The van der Waals surface area contributed by atoms with Crippen LogP contribution < -0.4 is 10.6 Å². The predicted molar refractivity (Wildman–Crippen MR) is 108 cm³/mol. The van der Waals surface area contributed by atoms with Crippen molar-refractivity contribution in [2.24, 2.45) is 0 Å². The summed E-state index contributed by atoms with van der Waals surface area (Å²) in [5.41, 5.74) is -0.203. The van der Waals surface area contributed by atoms with Gasteiger partial charge in [0.05, 0.1) is 0 Å². The van der Waals surface area contributed by atoms with Gasteiger partial charge in [-0.05, 0) is 42.7 Å². The Morgan fingerprint density at radius 3 is 2.17 bits per heavy atom. The number of nitrogens with one attached hydrogen (secondary N) is 2. The molecule has 0 bridgehead atoms. The van der Waals surface area contributed by atoms with Gasteiger partial charge >= 0.3 is 12.1 Å². The summed E-state index contributed by atoms with van der Waals surface area (Å²) in [5, 5.41) is 5.02. The minimum Gasteiger partial charge on any atom is -0.334 e. The van der Waals surface area contributed by atoms with Crippen LogP contribution in [-0.2, 0) is 16.1 Å². The third kappa shape index (κ3) is 5.52. The minimum atomic E-state index is -5.07. The van der Waals surface area contributed by atoms with Crippen molar-refractivity contribution in [2.75, 3.05) is 18.4 Å². The molecule has 30 heavy (non-hydrogen) atoms. The van der Waals surface area contributed by atoms with Crippen molar-refractivity contribution in [3.63, 3.8) is 0 Å². The van der Waals surface area contributed by atoms with E-state index in [2.05, 4.69) is 5.32 Å². The van der Waals surface area contributed by atoms with Crippen LogP contribution in [0, 0.1) is 0 Å². The molecule has 2 aromatic rings. The molecule has 0 spiro atoms. The third-order valence-corrected chi connectivity index (χ3v) is 5.36. The molecule has 2 amide bonds. The molecule has 0 radical (unpaired) electrons. The fourth-order valence-corrected chi connectivity index (χ4v) is 3.54. The molecule has 5 nitrogen and oxygen atoms in total. The number of amides is 2. The summed E-state index contributed by atoms with van der Waals surface area (Å²) in [6.07, 6.45) is -4.96. The summed E-state index contributed by atoms with van der Waals surface area (Å²) in [4.78, 5) is 26.7. The Morgan fingerprint density at radius 1 is 1.00 bits per heavy atom. The van der Waals surface area contributed by atoms with Gasteiger partial charge in [-0.15, -0.1) is 0 Å². The molecule has 0 unspecified atom stereocenters. The maximum atomic E-state index is 13.0. The fourth-order valence-electron chi connectivity index (χ4n) is 3.42. The summed E-state index contributed by atoms with van der Waals surface area (Å²) in [6.45, 7) is 1.34. The standard InChI is InChI=1S/C21H21ClF3N3O2/c22-16-6-8-17(9-7-16)26-18(29)20(27-19(30)21(23,24)25)10-12-28(13-11-20)14-15-4-2-1-3-5-15/h1-9H,10-14H2,(H,26,29)(H,27,30). The van der Waals surface area contributed by atoms with E-state index in [0.717, 1.165) is 5.56 Å². The Morgan fingerprint density at radius 2 is 1.60 bits per heavy atom. The zero-order valence-electron chi connectivity index (χ0n) is 16.0. The van der Waals surface area contributed by atoms with Gasteiger partial charge < -0.3 is 10.6 Å². The number of carbonyl (C=O) groups excluding carboxylic acids is 2. The molecule has 1 saturated heterocycles. The third-order valence-electron chi connectivity index (χ3n) is 5.11. The smallest absolute Gasteiger partial charge is 0.334 e. The highest BCUT2D eigenvalue weighted by atomic mass is 35.5. The molecule has 3 rings (SSSR count). The van der Waals surface area contributed by atoms with Crippen LogP contribution in [0.15, 0.2) is 54.6 Å². The Balaban J connectivity index is 1.74. The van der Waals surface area contributed by atoms with Crippen molar-refractivity contribution < 1.29 is 22.8 Å². The lowest BCUT2D eigenvalue weighted by atomic mass is 9.85. The largest absolute Gasteiger partial charge is 0.471 e. The highest BCUT2D eigenvalue weighted by Gasteiger charge is 2.48. The molecular formula is C21H21ClF3N3O2. The number of carbonyl (C=O) groups is 2. The average Bonchev–Trinajstić information content (AvgIpc) is 2.71. The van der Waals surface area contributed by atoms with E-state index in [-0.39, 0.29) is 12.8 Å². The van der Waals surface area contributed by atoms with E-state index in [1.54, 1.807) is 24.3 Å². The summed E-state index contributed by atoms with van der Waals surface area (Å²) in [7, 11) is 0. The van der Waals surface area contributed by atoms with Crippen molar-refractivity contribution in [3.05, 3.63) is 65.2 Å². The molecule has 0 aliphatic carbocycles. The Bertz CT molecular complexity index is 881. The molecule has 2 N–H and O–H groups in total. The summed E-state index contributed by atoms with van der Waals surface area (Å²) < 4.78 is 38.7. The highest BCUT2D eigenvalue weighted by molar-refractivity contribution is 6.30. The van der Waals surface area contributed by atoms with Crippen LogP contribution in [0.4, 0.5) is 18.9 Å². The van der Waals surface area contributed by atoms with Crippen LogP contribution in [0.2, 0.25) is 5.02 Å². The van der Waals surface area contributed by atoms with Gasteiger partial charge in [-0.2, -0.15) is 13.2 Å². The van der Waals surface area contributed by atoms with E-state index >= 15 is 0 Å². The van der Waals surface area contributed by atoms with Gasteiger partial charge in [-0.25, -0.2) is 0 Å². The molecule has 0 atom stereocenters. The first-order chi connectivity index (χ1) is 14.2. The number of benzene rings is 2. The number of piperidine rings is 1. The summed E-state index contributed by atoms with van der Waals surface area (Å²) in [6, 6.07) is 15.8. The van der Waals surface area contributed by atoms with E-state index in [0.29, 0.717) is 30.3 Å². The second-order valence-electron chi connectivity index (χ2n) is 7.26. The average molecular weight is 440 g/mol. The van der Waals surface area contributed by atoms with Gasteiger partial charge in [0.2, 0.25) is 5.91 Å². The number of alkyl halides is 3. The number of hydrogen-bond acceptors (Lipinski definition) is 3. The van der Waals surface area contributed by atoms with Crippen LogP contribution >= 0.6 is 11.6 Å². The van der Waals surface area contributed by atoms with E-state index in [1.165, 1.54) is 0 Å². The first-order valence-corrected chi connectivity index (χ1v) is 9.78. The SMILES string of the molecule is O=C(NC1(C(=O)Nc2ccc(Cl)cc2)CCN(Cc2ccccc2)CC1)C(F)(F)F. The first-order valence-electron chi connectivity index (χ1n) is 9.41. The zero-order valence-corrected chi connectivity index (χ0v) is 16.8. The maximum absolute atomic E-state index is 13.0. The van der Waals surface area contributed by atoms with Gasteiger partial charge in [0.25, 0.3) is 0 Å². The Hall–Kier alpha value is -2.58. The number of nitrogens with zero attached hydrogens (tertiary/aromatic N) is 1. The van der Waals surface area contributed by atoms with Gasteiger partial charge in [0.15, 0.2) is 0 Å². The van der Waals surface area contributed by atoms with Crippen LogP contribution in [0.25, 0.3) is 0 Å². The number of likely N-dealkylation sites (tertiary alicyclic amines) is 1. The second kappa shape index (κ2) is 9.06. The predicted octanol–water partition coefficient (Wildman–Crippen LogP) is 3.99. The van der Waals surface area contributed by atoms with Gasteiger partial charge in [0.1, 0.15) is 5.54 Å². The van der Waals surface area contributed by atoms with Crippen molar-refractivity contribution in [2.45, 2.75) is 31.1 Å². The monoisotopic (exact) mass is 439 g/mol. The molecule has 0 aromatic heterocycles. The fraction of sp³-hybridized carbons (Fsp3) is 0.333. The molecule has 160 valence electrons. The second-order valence-corrected chi connectivity index (χ2v) is 7.69. The van der Waals surface area contributed by atoms with E-state index < -0.39 is 23.5 Å². The van der Waals surface area contributed by atoms with Crippen LogP contribution in [0.3, 0.4) is 0 Å². The molecule has 0 saturated carbocycles. The lowest BCUT2D eigenvalue weighted by Gasteiger charge is -2.41. The van der Waals surface area contributed by atoms with Crippen LogP contribution in [-0.4, -0.2) is 41.5 Å². The lowest BCUT2D eigenvalue weighted by molar-refractivity contribution is -0.176. The zero-order chi connectivity index (χ0) is 21.8. The number of hydrogen-bond donors (Lipinski definition) is 2. The molecular weight excluding hydrogens is 419 g/mol. The number of halogens is 4. The number of rotatable bonds is 5. The van der Waals surface area contributed by atoms with E-state index in [9.17, 15) is 22.8 Å². The normalized spacial score (nSPS) is 16.7. The lowest BCUT2D eigenvalue weighted by Crippen LogP contribution is -2.63. The highest BCUT2D eigenvalue weighted by Crippen LogP contribution is 2.28. The molecule has 9 heteroatoms. The van der Waals surface area contributed by atoms with E-state index in [1.807, 2.05) is 40.5 Å². The maximum Gasteiger partial charge on any atom is 0.471 e. The Kier molecular flexibility index (Phi) is 6.67. The molecule has 1 aliphatic rings.